The van der Waals surface area contributed by atoms with Crippen LogP contribution in [0.5, 0.6) is 0 Å². The first-order valence-corrected chi connectivity index (χ1v) is 9.27. The molecule has 2 aromatic heterocycles. The van der Waals surface area contributed by atoms with Crippen molar-refractivity contribution in [3.05, 3.63) is 35.2 Å². The summed E-state index contributed by atoms with van der Waals surface area (Å²) in [5.41, 5.74) is 2.91. The number of aryl methyl sites for hydroxylation is 1. The predicted molar refractivity (Wildman–Crippen MR) is 103 cm³/mol. The lowest BCUT2D eigenvalue weighted by Gasteiger charge is -2.19. The van der Waals surface area contributed by atoms with Gasteiger partial charge >= 0.3 is 18.1 Å². The molecular weight excluding hydrogens is 437 g/mol. The summed E-state index contributed by atoms with van der Waals surface area (Å²) in [6.45, 7) is 1.12. The lowest BCUT2D eigenvalue weighted by Crippen LogP contribution is -2.35. The fourth-order valence-electron chi connectivity index (χ4n) is 3.06. The predicted octanol–water partition coefficient (Wildman–Crippen LogP) is 1.39. The Morgan fingerprint density at radius 3 is 2.31 bits per heavy atom. The minimum absolute atomic E-state index is 0.0461. The summed E-state index contributed by atoms with van der Waals surface area (Å²) in [5.74, 6) is -3.85. The zero-order valence-electron chi connectivity index (χ0n) is 17.2. The van der Waals surface area contributed by atoms with Gasteiger partial charge in [-0.15, -0.1) is 0 Å². The van der Waals surface area contributed by atoms with Gasteiger partial charge in [0.2, 0.25) is 5.91 Å². The van der Waals surface area contributed by atoms with E-state index in [9.17, 15) is 27.9 Å². The van der Waals surface area contributed by atoms with Gasteiger partial charge in [-0.05, 0) is 24.1 Å². The van der Waals surface area contributed by atoms with Crippen LogP contribution >= 0.6 is 0 Å². The zero-order valence-corrected chi connectivity index (χ0v) is 17.2. The van der Waals surface area contributed by atoms with E-state index >= 15 is 0 Å². The number of carbonyl (C=O) groups is 3. The molecule has 0 spiro atoms. The largest absolute Gasteiger partial charge is 0.490 e. The number of aromatic nitrogens is 3. The van der Waals surface area contributed by atoms with Gasteiger partial charge in [0, 0.05) is 45.6 Å². The van der Waals surface area contributed by atoms with E-state index in [2.05, 4.69) is 10.1 Å². The van der Waals surface area contributed by atoms with Gasteiger partial charge in [0.1, 0.15) is 12.3 Å². The summed E-state index contributed by atoms with van der Waals surface area (Å²) < 4.78 is 38.3. The van der Waals surface area contributed by atoms with Gasteiger partial charge in [0.05, 0.1) is 11.3 Å². The number of aromatic carboxylic acids is 1. The number of carboxylic acids is 2. The van der Waals surface area contributed by atoms with Crippen molar-refractivity contribution in [1.82, 2.24) is 19.7 Å². The summed E-state index contributed by atoms with van der Waals surface area (Å²) in [4.78, 5) is 39.0. The number of halogens is 3. The Morgan fingerprint density at radius 2 is 1.81 bits per heavy atom. The standard InChI is InChI=1S/C17H20N4O4.C2HF3O2/c1-20-14(3-6-18-20)16-12(17(23)24)9-11-4-7-21(15(22)10-25-2)8-5-13(11)19-16;3-2(4,5)1(6)7/h3,6,9H,4-5,7-8,10H2,1-2H3,(H,23,24);(H,6,7). The number of rotatable bonds is 4. The number of nitrogens with zero attached hydrogens (tertiary/aromatic N) is 4. The Balaban J connectivity index is 0.000000451. The molecule has 1 aliphatic rings. The van der Waals surface area contributed by atoms with Crippen LogP contribution in [0.1, 0.15) is 21.6 Å². The highest BCUT2D eigenvalue weighted by atomic mass is 19.4. The minimum atomic E-state index is -5.08. The number of alkyl halides is 3. The van der Waals surface area contributed by atoms with Gasteiger partial charge in [-0.1, -0.05) is 0 Å². The molecule has 0 radical (unpaired) electrons. The van der Waals surface area contributed by atoms with Crippen molar-refractivity contribution in [3.8, 4) is 11.4 Å². The maximum absolute atomic E-state index is 12.1. The third-order valence-corrected chi connectivity index (χ3v) is 4.62. The van der Waals surface area contributed by atoms with Crippen LogP contribution in [-0.4, -0.2) is 80.7 Å². The van der Waals surface area contributed by atoms with Gasteiger partial charge in [0.25, 0.3) is 0 Å². The van der Waals surface area contributed by atoms with Crippen LogP contribution in [0.25, 0.3) is 11.4 Å². The van der Waals surface area contributed by atoms with Crippen molar-refractivity contribution in [1.29, 1.82) is 0 Å². The van der Waals surface area contributed by atoms with E-state index in [-0.39, 0.29) is 18.1 Å². The van der Waals surface area contributed by atoms with E-state index in [4.69, 9.17) is 14.6 Å². The van der Waals surface area contributed by atoms with Crippen molar-refractivity contribution < 1.29 is 42.5 Å². The van der Waals surface area contributed by atoms with Gasteiger partial charge in [-0.2, -0.15) is 18.3 Å². The lowest BCUT2D eigenvalue weighted by molar-refractivity contribution is -0.192. The van der Waals surface area contributed by atoms with Crippen LogP contribution in [0, 0.1) is 0 Å². The average Bonchev–Trinajstić information content (AvgIpc) is 3.02. The molecular formula is C19H21F3N4O6. The molecule has 0 aromatic carbocycles. The van der Waals surface area contributed by atoms with Crippen LogP contribution in [0.4, 0.5) is 13.2 Å². The smallest absolute Gasteiger partial charge is 0.478 e. The molecule has 0 aliphatic carbocycles. The van der Waals surface area contributed by atoms with Gasteiger partial charge < -0.3 is 19.8 Å². The maximum atomic E-state index is 12.1. The second kappa shape index (κ2) is 10.2. The molecule has 13 heteroatoms. The first kappa shape index (κ1) is 24.8. The number of hydrogen-bond donors (Lipinski definition) is 2. The molecule has 3 heterocycles. The third-order valence-electron chi connectivity index (χ3n) is 4.62. The normalized spacial score (nSPS) is 13.5. The average molecular weight is 458 g/mol. The molecule has 174 valence electrons. The number of pyridine rings is 1. The Hall–Kier alpha value is -3.48. The van der Waals surface area contributed by atoms with Crippen LogP contribution in [0.3, 0.4) is 0 Å². The van der Waals surface area contributed by atoms with Crippen molar-refractivity contribution >= 4 is 17.8 Å². The SMILES string of the molecule is COCC(=O)N1CCc2cc(C(=O)O)c(-c3ccnn3C)nc2CC1.O=C(O)C(F)(F)F. The van der Waals surface area contributed by atoms with E-state index in [1.54, 1.807) is 35.0 Å². The summed E-state index contributed by atoms with van der Waals surface area (Å²) in [5, 5.41) is 20.8. The molecule has 2 N–H and O–H groups in total. The van der Waals surface area contributed by atoms with Crippen molar-refractivity contribution in [2.24, 2.45) is 7.05 Å². The highest BCUT2D eigenvalue weighted by Crippen LogP contribution is 2.26. The number of aliphatic carboxylic acids is 1. The molecule has 3 rings (SSSR count). The molecule has 32 heavy (non-hydrogen) atoms. The highest BCUT2D eigenvalue weighted by molar-refractivity contribution is 5.94. The molecule has 0 bridgehead atoms. The Bertz CT molecular complexity index is 1010. The number of amides is 1. The monoisotopic (exact) mass is 458 g/mol. The summed E-state index contributed by atoms with van der Waals surface area (Å²) in [6.07, 6.45) is -2.32. The first-order valence-electron chi connectivity index (χ1n) is 9.27. The fraction of sp³-hybridized carbons (Fsp3) is 0.421. The number of ether oxygens (including phenoxy) is 1. The van der Waals surface area contributed by atoms with E-state index in [1.165, 1.54) is 7.11 Å². The molecule has 10 nitrogen and oxygen atoms in total. The quantitative estimate of drug-likeness (QED) is 0.702. The molecule has 0 fully saturated rings. The third kappa shape index (κ3) is 6.03. The second-order valence-electron chi connectivity index (χ2n) is 6.75. The Morgan fingerprint density at radius 1 is 1.19 bits per heavy atom. The van der Waals surface area contributed by atoms with Crippen molar-refractivity contribution in [3.63, 3.8) is 0 Å². The van der Waals surface area contributed by atoms with Gasteiger partial charge in [-0.25, -0.2) is 14.6 Å². The number of carbonyl (C=O) groups excluding carboxylic acids is 1. The van der Waals surface area contributed by atoms with E-state index in [1.807, 2.05) is 0 Å². The number of fused-ring (bicyclic) bond motifs is 1. The van der Waals surface area contributed by atoms with Crippen molar-refractivity contribution in [2.75, 3.05) is 26.8 Å². The molecule has 0 atom stereocenters. The molecule has 1 aliphatic heterocycles. The fourth-order valence-corrected chi connectivity index (χ4v) is 3.06. The molecule has 0 unspecified atom stereocenters. The van der Waals surface area contributed by atoms with Crippen LogP contribution in [0.2, 0.25) is 0 Å². The Labute approximate surface area is 180 Å². The molecule has 0 saturated heterocycles. The minimum Gasteiger partial charge on any atom is -0.478 e. The topological polar surface area (TPSA) is 135 Å². The molecule has 2 aromatic rings. The van der Waals surface area contributed by atoms with Crippen LogP contribution in [0.15, 0.2) is 18.3 Å². The summed E-state index contributed by atoms with van der Waals surface area (Å²) >= 11 is 0. The second-order valence-corrected chi connectivity index (χ2v) is 6.75. The summed E-state index contributed by atoms with van der Waals surface area (Å²) in [7, 11) is 3.24. The van der Waals surface area contributed by atoms with Gasteiger partial charge in [-0.3, -0.25) is 9.48 Å². The van der Waals surface area contributed by atoms with E-state index in [0.29, 0.717) is 37.3 Å². The molecule has 0 saturated carbocycles. The Kier molecular flexibility index (Phi) is 7.92. The van der Waals surface area contributed by atoms with Crippen molar-refractivity contribution in [2.45, 2.75) is 19.0 Å². The number of hydrogen-bond acceptors (Lipinski definition) is 6. The van der Waals surface area contributed by atoms with E-state index < -0.39 is 18.1 Å². The summed E-state index contributed by atoms with van der Waals surface area (Å²) in [6, 6.07) is 3.42. The first-order chi connectivity index (χ1) is 15.0. The highest BCUT2D eigenvalue weighted by Gasteiger charge is 2.38. The lowest BCUT2D eigenvalue weighted by atomic mass is 10.0. The number of carboxylic acid groups (broad SMARTS) is 2. The number of methoxy groups -OCH3 is 1. The molecule has 1 amide bonds. The van der Waals surface area contributed by atoms with Gasteiger partial charge in [0.15, 0.2) is 0 Å². The van der Waals surface area contributed by atoms with Crippen LogP contribution < -0.4 is 0 Å². The maximum Gasteiger partial charge on any atom is 0.490 e. The van der Waals surface area contributed by atoms with Crippen LogP contribution in [-0.2, 0) is 34.2 Å². The zero-order chi connectivity index (χ0) is 24.1. The van der Waals surface area contributed by atoms with E-state index in [0.717, 1.165) is 11.3 Å².